The second kappa shape index (κ2) is 9.64. The normalized spacial score (nSPS) is 18.6. The van der Waals surface area contributed by atoms with E-state index in [0.717, 1.165) is 24.1 Å². The van der Waals surface area contributed by atoms with Crippen molar-refractivity contribution in [1.82, 2.24) is 14.7 Å². The summed E-state index contributed by atoms with van der Waals surface area (Å²) in [6, 6.07) is 14.2. The lowest BCUT2D eigenvalue weighted by Gasteiger charge is -2.39. The number of hydrogen-bond acceptors (Lipinski definition) is 4. The molecular formula is C26H25F2N3O2S. The van der Waals surface area contributed by atoms with Crippen molar-refractivity contribution in [2.24, 2.45) is 0 Å². The molecule has 3 aromatic rings. The Balaban J connectivity index is 1.25. The summed E-state index contributed by atoms with van der Waals surface area (Å²) in [6.45, 7) is 2.63. The average molecular weight is 482 g/mol. The van der Waals surface area contributed by atoms with E-state index in [0.29, 0.717) is 31.7 Å². The maximum atomic E-state index is 14.0. The van der Waals surface area contributed by atoms with Gasteiger partial charge in [0.1, 0.15) is 11.6 Å². The van der Waals surface area contributed by atoms with Crippen LogP contribution >= 0.6 is 11.3 Å². The van der Waals surface area contributed by atoms with E-state index in [-0.39, 0.29) is 30.2 Å². The number of thiophene rings is 1. The number of rotatable bonds is 4. The van der Waals surface area contributed by atoms with Crippen molar-refractivity contribution in [2.75, 3.05) is 39.3 Å². The van der Waals surface area contributed by atoms with Crippen LogP contribution in [0.4, 0.5) is 8.78 Å². The molecule has 1 fully saturated rings. The van der Waals surface area contributed by atoms with Crippen molar-refractivity contribution in [2.45, 2.75) is 12.5 Å². The van der Waals surface area contributed by atoms with Crippen LogP contribution in [0.1, 0.15) is 32.4 Å². The number of hydrogen-bond donors (Lipinski definition) is 0. The highest BCUT2D eigenvalue weighted by molar-refractivity contribution is 7.10. The zero-order valence-electron chi connectivity index (χ0n) is 18.6. The molecule has 2 aliphatic rings. The maximum Gasteiger partial charge on any atom is 0.254 e. The molecule has 0 bridgehead atoms. The molecule has 1 saturated heterocycles. The molecule has 5 nitrogen and oxygen atoms in total. The third-order valence-corrected chi connectivity index (χ3v) is 7.56. The lowest BCUT2D eigenvalue weighted by atomic mass is 9.93. The van der Waals surface area contributed by atoms with Gasteiger partial charge in [-0.3, -0.25) is 14.5 Å². The second-order valence-corrected chi connectivity index (χ2v) is 9.66. The van der Waals surface area contributed by atoms with Crippen LogP contribution in [0.25, 0.3) is 0 Å². The van der Waals surface area contributed by atoms with Crippen LogP contribution in [0.2, 0.25) is 0 Å². The monoisotopic (exact) mass is 481 g/mol. The van der Waals surface area contributed by atoms with Gasteiger partial charge in [-0.05, 0) is 59.3 Å². The summed E-state index contributed by atoms with van der Waals surface area (Å²) < 4.78 is 27.5. The van der Waals surface area contributed by atoms with Gasteiger partial charge in [0.05, 0.1) is 12.6 Å². The highest BCUT2D eigenvalue weighted by Gasteiger charge is 2.33. The van der Waals surface area contributed by atoms with E-state index in [1.54, 1.807) is 39.3 Å². The van der Waals surface area contributed by atoms with Crippen LogP contribution in [0.15, 0.2) is 60.0 Å². The largest absolute Gasteiger partial charge is 0.338 e. The van der Waals surface area contributed by atoms with E-state index in [4.69, 9.17) is 0 Å². The van der Waals surface area contributed by atoms with Crippen molar-refractivity contribution in [1.29, 1.82) is 0 Å². The molecule has 2 aliphatic heterocycles. The van der Waals surface area contributed by atoms with E-state index in [2.05, 4.69) is 16.3 Å². The molecule has 3 heterocycles. The van der Waals surface area contributed by atoms with Crippen molar-refractivity contribution in [3.05, 3.63) is 93.2 Å². The van der Waals surface area contributed by atoms with E-state index >= 15 is 0 Å². The molecule has 2 aromatic carbocycles. The number of amides is 2. The van der Waals surface area contributed by atoms with Crippen molar-refractivity contribution >= 4 is 23.2 Å². The molecule has 176 valence electrons. The predicted octanol–water partition coefficient (Wildman–Crippen LogP) is 3.96. The van der Waals surface area contributed by atoms with Crippen molar-refractivity contribution in [3.8, 4) is 0 Å². The minimum absolute atomic E-state index is 0.00191. The van der Waals surface area contributed by atoms with Gasteiger partial charge in [0.15, 0.2) is 0 Å². The Hall–Kier alpha value is -3.10. The Morgan fingerprint density at radius 1 is 0.882 bits per heavy atom. The lowest BCUT2D eigenvalue weighted by molar-refractivity contribution is -0.134. The molecule has 0 saturated carbocycles. The van der Waals surface area contributed by atoms with Crippen LogP contribution < -0.4 is 0 Å². The number of halogens is 2. The molecule has 0 radical (unpaired) electrons. The first-order valence-electron chi connectivity index (χ1n) is 11.4. The molecule has 0 spiro atoms. The highest BCUT2D eigenvalue weighted by Crippen LogP contribution is 2.37. The summed E-state index contributed by atoms with van der Waals surface area (Å²) in [6.07, 6.45) is 0.863. The number of fused-ring (bicyclic) bond motifs is 1. The Morgan fingerprint density at radius 3 is 2.32 bits per heavy atom. The van der Waals surface area contributed by atoms with Crippen LogP contribution in [0.5, 0.6) is 0 Å². The minimum atomic E-state index is -0.442. The van der Waals surface area contributed by atoms with Crippen LogP contribution in [-0.4, -0.2) is 65.8 Å². The first kappa shape index (κ1) is 22.7. The first-order chi connectivity index (χ1) is 16.5. The maximum absolute atomic E-state index is 14.0. The Morgan fingerprint density at radius 2 is 1.59 bits per heavy atom. The third kappa shape index (κ3) is 4.60. The molecule has 0 aliphatic carbocycles. The lowest BCUT2D eigenvalue weighted by Crippen LogP contribution is -2.53. The topological polar surface area (TPSA) is 43.9 Å². The van der Waals surface area contributed by atoms with E-state index in [1.807, 2.05) is 6.07 Å². The highest BCUT2D eigenvalue weighted by atomic mass is 32.1. The van der Waals surface area contributed by atoms with Gasteiger partial charge < -0.3 is 9.80 Å². The SMILES string of the molecule is O=C(CN1CCc2sccc2[C@H]1c1cccc(F)c1)N1CCN(C(=O)c2cccc(F)c2)CC1. The van der Waals surface area contributed by atoms with Crippen LogP contribution in [0, 0.1) is 11.6 Å². The van der Waals surface area contributed by atoms with Gasteiger partial charge in [0.25, 0.3) is 5.91 Å². The van der Waals surface area contributed by atoms with Gasteiger partial charge in [0, 0.05) is 43.2 Å². The standard InChI is InChI=1S/C26H25F2N3O2S/c27-20-5-1-3-18(15-20)25-22-8-14-34-23(22)7-9-31(25)17-24(32)29-10-12-30(13-11-29)26(33)19-4-2-6-21(28)16-19/h1-6,8,14-16,25H,7,9-13,17H2/t25-/m1/s1. The smallest absolute Gasteiger partial charge is 0.254 e. The number of benzene rings is 2. The zero-order valence-corrected chi connectivity index (χ0v) is 19.4. The van der Waals surface area contributed by atoms with Gasteiger partial charge in [-0.15, -0.1) is 11.3 Å². The summed E-state index contributed by atoms with van der Waals surface area (Å²) >= 11 is 1.70. The quantitative estimate of drug-likeness (QED) is 0.567. The fraction of sp³-hybridized carbons (Fsp3) is 0.308. The minimum Gasteiger partial charge on any atom is -0.338 e. The van der Waals surface area contributed by atoms with Crippen molar-refractivity contribution < 1.29 is 18.4 Å². The molecule has 8 heteroatoms. The number of nitrogens with zero attached hydrogens (tertiary/aromatic N) is 3. The summed E-state index contributed by atoms with van der Waals surface area (Å²) in [5.41, 5.74) is 2.30. The van der Waals surface area contributed by atoms with E-state index < -0.39 is 5.82 Å². The van der Waals surface area contributed by atoms with E-state index in [1.165, 1.54) is 29.1 Å². The molecule has 0 unspecified atom stereocenters. The number of piperazine rings is 1. The molecule has 5 rings (SSSR count). The van der Waals surface area contributed by atoms with Crippen LogP contribution in [-0.2, 0) is 11.2 Å². The van der Waals surface area contributed by atoms with Gasteiger partial charge in [-0.25, -0.2) is 8.78 Å². The summed E-state index contributed by atoms with van der Waals surface area (Å²) in [7, 11) is 0. The predicted molar refractivity (Wildman–Crippen MR) is 127 cm³/mol. The average Bonchev–Trinajstić information content (AvgIpc) is 3.32. The number of carbonyl (C=O) groups excluding carboxylic acids is 2. The van der Waals surface area contributed by atoms with Gasteiger partial charge >= 0.3 is 0 Å². The van der Waals surface area contributed by atoms with Crippen molar-refractivity contribution in [3.63, 3.8) is 0 Å². The Kier molecular flexibility index (Phi) is 6.43. The Labute approximate surface area is 201 Å². The molecule has 2 amide bonds. The van der Waals surface area contributed by atoms with Crippen LogP contribution in [0.3, 0.4) is 0 Å². The fourth-order valence-corrected chi connectivity index (χ4v) is 5.75. The summed E-state index contributed by atoms with van der Waals surface area (Å²) in [4.78, 5) is 32.7. The molecule has 0 N–H and O–H groups in total. The second-order valence-electron chi connectivity index (χ2n) is 8.66. The van der Waals surface area contributed by atoms with Gasteiger partial charge in [0.2, 0.25) is 5.91 Å². The zero-order chi connectivity index (χ0) is 23.7. The third-order valence-electron chi connectivity index (χ3n) is 6.56. The molecule has 1 aromatic heterocycles. The van der Waals surface area contributed by atoms with Gasteiger partial charge in [-0.2, -0.15) is 0 Å². The van der Waals surface area contributed by atoms with E-state index in [9.17, 15) is 18.4 Å². The first-order valence-corrected chi connectivity index (χ1v) is 12.3. The molecule has 1 atom stereocenters. The number of carbonyl (C=O) groups is 2. The summed E-state index contributed by atoms with van der Waals surface area (Å²) in [5.74, 6) is -0.954. The molecular weight excluding hydrogens is 456 g/mol. The fourth-order valence-electron chi connectivity index (χ4n) is 4.84. The van der Waals surface area contributed by atoms with Gasteiger partial charge in [-0.1, -0.05) is 18.2 Å². The summed E-state index contributed by atoms with van der Waals surface area (Å²) in [5, 5.41) is 2.05. The Bertz CT molecular complexity index is 1210. The molecule has 34 heavy (non-hydrogen) atoms.